The molecule has 0 spiro atoms. The largest absolute Gasteiger partial charge is 0.392 e. The van der Waals surface area contributed by atoms with Crippen molar-refractivity contribution in [1.82, 2.24) is 4.90 Å². The van der Waals surface area contributed by atoms with Crippen molar-refractivity contribution in [1.29, 1.82) is 0 Å². The van der Waals surface area contributed by atoms with Gasteiger partial charge in [-0.3, -0.25) is 9.69 Å². The monoisotopic (exact) mass is 540 g/mol. The molecule has 2 N–H and O–H groups in total. The summed E-state index contributed by atoms with van der Waals surface area (Å²) in [5.74, 6) is -0.0256. The Morgan fingerprint density at radius 2 is 1.65 bits per heavy atom. The topological polar surface area (TPSA) is 71.0 Å². The van der Waals surface area contributed by atoms with Crippen molar-refractivity contribution in [3.8, 4) is 0 Å². The van der Waals surface area contributed by atoms with E-state index in [9.17, 15) is 9.90 Å². The number of amides is 1. The van der Waals surface area contributed by atoms with E-state index < -0.39 is 6.29 Å². The predicted octanol–water partition coefficient (Wildman–Crippen LogP) is 6.65. The van der Waals surface area contributed by atoms with Gasteiger partial charge in [0.05, 0.1) is 18.8 Å². The summed E-state index contributed by atoms with van der Waals surface area (Å²) in [6.07, 6.45) is 6.23. The van der Waals surface area contributed by atoms with Gasteiger partial charge in [-0.1, -0.05) is 80.4 Å². The Balaban J connectivity index is 1.36. The average molecular weight is 541 g/mol. The highest BCUT2D eigenvalue weighted by molar-refractivity contribution is 6.04. The first-order valence-corrected chi connectivity index (χ1v) is 14.4. The second-order valence-electron chi connectivity index (χ2n) is 10.9. The lowest BCUT2D eigenvalue weighted by Crippen LogP contribution is -2.47. The molecule has 0 radical (unpaired) electrons. The van der Waals surface area contributed by atoms with Crippen LogP contribution in [0.1, 0.15) is 72.0 Å². The Hall–Kier alpha value is -3.29. The molecular formula is C34H40N2O4. The number of anilines is 1. The summed E-state index contributed by atoms with van der Waals surface area (Å²) in [5, 5.41) is 12.5. The smallest absolute Gasteiger partial charge is 0.255 e. The minimum atomic E-state index is -0.545. The Bertz CT molecular complexity index is 1240. The van der Waals surface area contributed by atoms with Crippen LogP contribution in [0.3, 0.4) is 0 Å². The molecule has 3 aromatic rings. The fourth-order valence-corrected chi connectivity index (χ4v) is 5.88. The van der Waals surface area contributed by atoms with E-state index in [0.717, 1.165) is 29.8 Å². The van der Waals surface area contributed by atoms with Crippen LogP contribution in [-0.4, -0.2) is 41.1 Å². The van der Waals surface area contributed by atoms with E-state index >= 15 is 0 Å². The van der Waals surface area contributed by atoms with Crippen LogP contribution in [0.5, 0.6) is 0 Å². The second kappa shape index (κ2) is 13.4. The molecular weight excluding hydrogens is 500 g/mol. The zero-order valence-electron chi connectivity index (χ0n) is 23.2. The molecule has 1 aliphatic carbocycles. The molecule has 0 aromatic heterocycles. The Morgan fingerprint density at radius 3 is 2.30 bits per heavy atom. The number of nitrogens with zero attached hydrogens (tertiary/aromatic N) is 1. The molecule has 2 fully saturated rings. The van der Waals surface area contributed by atoms with Crippen LogP contribution >= 0.6 is 0 Å². The molecule has 1 aliphatic heterocycles. The molecule has 3 aromatic carbocycles. The molecule has 210 valence electrons. The lowest BCUT2D eigenvalue weighted by Gasteiger charge is -2.43. The van der Waals surface area contributed by atoms with E-state index in [0.29, 0.717) is 17.3 Å². The highest BCUT2D eigenvalue weighted by atomic mass is 16.7. The number of hydrogen-bond acceptors (Lipinski definition) is 5. The maximum atomic E-state index is 12.6. The third-order valence-electron chi connectivity index (χ3n) is 8.22. The summed E-state index contributed by atoms with van der Waals surface area (Å²) < 4.78 is 13.3. The third kappa shape index (κ3) is 6.70. The van der Waals surface area contributed by atoms with Crippen molar-refractivity contribution >= 4 is 11.6 Å². The minimum Gasteiger partial charge on any atom is -0.392 e. The fraction of sp³-hybridized carbons (Fsp3) is 0.382. The SMILES string of the molecule is C=CCN(C[C@H]1O[C@@H](c2ccc(NC(=O)c3ccccc3)cc2)O[C@@H](c2ccc(CO)cc2)[C@H]1C)C1CCCC1. The standard InChI is InChI=1S/C34H40N2O4/c1-3-21-36(30-11-7-8-12-30)22-31-24(2)32(26-15-13-25(23-37)14-16-26)40-34(39-31)28-17-19-29(20-18-28)35-33(38)27-9-5-4-6-10-27/h3-6,9-10,13-20,24,30-32,34,37H,1,7-8,11-12,21-23H2,2H3,(H,35,38)/t24-,31+,32+,34+/m0/s1. The van der Waals surface area contributed by atoms with Gasteiger partial charge < -0.3 is 19.9 Å². The Kier molecular flexibility index (Phi) is 9.45. The number of benzene rings is 3. The number of carbonyl (C=O) groups is 1. The lowest BCUT2D eigenvalue weighted by molar-refractivity contribution is -0.276. The van der Waals surface area contributed by atoms with Crippen LogP contribution in [0.2, 0.25) is 0 Å². The number of carbonyl (C=O) groups excluding carboxylic acids is 1. The minimum absolute atomic E-state index is 0.0147. The lowest BCUT2D eigenvalue weighted by atomic mass is 9.89. The van der Waals surface area contributed by atoms with E-state index in [1.54, 1.807) is 12.1 Å². The summed E-state index contributed by atoms with van der Waals surface area (Å²) in [7, 11) is 0. The molecule has 1 saturated carbocycles. The summed E-state index contributed by atoms with van der Waals surface area (Å²) in [6, 6.07) is 25.5. The molecule has 1 amide bonds. The van der Waals surface area contributed by atoms with Gasteiger partial charge in [-0.05, 0) is 48.2 Å². The highest BCUT2D eigenvalue weighted by Crippen LogP contribution is 2.42. The maximum absolute atomic E-state index is 12.6. The van der Waals surface area contributed by atoms with E-state index in [-0.39, 0.29) is 30.6 Å². The van der Waals surface area contributed by atoms with Crippen molar-refractivity contribution in [3.63, 3.8) is 0 Å². The first kappa shape index (κ1) is 28.2. The van der Waals surface area contributed by atoms with Gasteiger partial charge >= 0.3 is 0 Å². The van der Waals surface area contributed by atoms with Gasteiger partial charge in [0.2, 0.25) is 0 Å². The summed E-state index contributed by atoms with van der Waals surface area (Å²) in [4.78, 5) is 15.1. The van der Waals surface area contributed by atoms with Crippen LogP contribution < -0.4 is 5.32 Å². The van der Waals surface area contributed by atoms with Crippen molar-refractivity contribution < 1.29 is 19.4 Å². The molecule has 6 heteroatoms. The maximum Gasteiger partial charge on any atom is 0.255 e. The fourth-order valence-electron chi connectivity index (χ4n) is 5.88. The number of aliphatic hydroxyl groups is 1. The van der Waals surface area contributed by atoms with Crippen molar-refractivity contribution in [2.45, 2.75) is 63.8 Å². The van der Waals surface area contributed by atoms with E-state index in [1.165, 1.54) is 25.7 Å². The zero-order valence-corrected chi connectivity index (χ0v) is 23.2. The van der Waals surface area contributed by atoms with Crippen molar-refractivity contribution in [2.24, 2.45) is 5.92 Å². The van der Waals surface area contributed by atoms with E-state index in [2.05, 4.69) is 23.7 Å². The Labute approximate surface area is 237 Å². The number of ether oxygens (including phenoxy) is 2. The zero-order chi connectivity index (χ0) is 27.9. The van der Waals surface area contributed by atoms with Gasteiger partial charge in [0.15, 0.2) is 6.29 Å². The van der Waals surface area contributed by atoms with Crippen LogP contribution in [0.25, 0.3) is 0 Å². The molecule has 1 saturated heterocycles. The van der Waals surface area contributed by atoms with Gasteiger partial charge in [-0.25, -0.2) is 0 Å². The molecule has 4 atom stereocenters. The van der Waals surface area contributed by atoms with Crippen LogP contribution in [0.4, 0.5) is 5.69 Å². The van der Waals surface area contributed by atoms with Crippen molar-refractivity contribution in [3.05, 3.63) is 114 Å². The quantitative estimate of drug-likeness (QED) is 0.282. The molecule has 40 heavy (non-hydrogen) atoms. The molecule has 0 bridgehead atoms. The van der Waals surface area contributed by atoms with E-state index in [4.69, 9.17) is 9.47 Å². The van der Waals surface area contributed by atoms with Crippen LogP contribution in [0, 0.1) is 5.92 Å². The predicted molar refractivity (Wildman–Crippen MR) is 158 cm³/mol. The molecule has 5 rings (SSSR count). The molecule has 6 nitrogen and oxygen atoms in total. The van der Waals surface area contributed by atoms with Gasteiger partial charge in [-0.2, -0.15) is 0 Å². The van der Waals surface area contributed by atoms with Crippen LogP contribution in [-0.2, 0) is 16.1 Å². The molecule has 2 aliphatic rings. The summed E-state index contributed by atoms with van der Waals surface area (Å²) in [6.45, 7) is 7.89. The van der Waals surface area contributed by atoms with Gasteiger partial charge in [0.1, 0.15) is 0 Å². The second-order valence-corrected chi connectivity index (χ2v) is 10.9. The number of hydrogen-bond donors (Lipinski definition) is 2. The number of rotatable bonds is 10. The Morgan fingerprint density at radius 1 is 0.975 bits per heavy atom. The van der Waals surface area contributed by atoms with Gasteiger partial charge in [-0.15, -0.1) is 6.58 Å². The normalized spacial score (nSPS) is 23.3. The van der Waals surface area contributed by atoms with Crippen molar-refractivity contribution in [2.75, 3.05) is 18.4 Å². The van der Waals surface area contributed by atoms with Gasteiger partial charge in [0.25, 0.3) is 5.91 Å². The average Bonchev–Trinajstić information content (AvgIpc) is 3.54. The van der Waals surface area contributed by atoms with Gasteiger partial charge in [0, 0.05) is 41.9 Å². The summed E-state index contributed by atoms with van der Waals surface area (Å²) >= 11 is 0. The number of aliphatic hydroxyl groups excluding tert-OH is 1. The number of nitrogens with one attached hydrogen (secondary N) is 1. The van der Waals surface area contributed by atoms with Crippen LogP contribution in [0.15, 0.2) is 91.5 Å². The summed E-state index contributed by atoms with van der Waals surface area (Å²) in [5.41, 5.74) is 4.19. The molecule has 1 heterocycles. The van der Waals surface area contributed by atoms with E-state index in [1.807, 2.05) is 72.8 Å². The first-order chi connectivity index (χ1) is 19.6. The first-order valence-electron chi connectivity index (χ1n) is 14.4. The third-order valence-corrected chi connectivity index (χ3v) is 8.22. The highest BCUT2D eigenvalue weighted by Gasteiger charge is 2.40. The molecule has 0 unspecified atom stereocenters.